The van der Waals surface area contributed by atoms with Crippen molar-refractivity contribution in [2.24, 2.45) is 0 Å². The van der Waals surface area contributed by atoms with Gasteiger partial charge in [-0.05, 0) is 63.1 Å². The van der Waals surface area contributed by atoms with Crippen LogP contribution in [0.3, 0.4) is 0 Å². The molecule has 0 saturated carbocycles. The normalized spacial score (nSPS) is 13.3. The van der Waals surface area contributed by atoms with Gasteiger partial charge in [0.1, 0.15) is 0 Å². The van der Waals surface area contributed by atoms with Crippen LogP contribution >= 0.6 is 0 Å². The van der Waals surface area contributed by atoms with Crippen LogP contribution in [0.5, 0.6) is 0 Å². The van der Waals surface area contributed by atoms with Crippen molar-refractivity contribution in [3.8, 4) is 0 Å². The molecular formula is C21H24F6N2. The first kappa shape index (κ1) is 22.9. The Morgan fingerprint density at radius 1 is 0.655 bits per heavy atom. The molecule has 2 rings (SSSR count). The Hall–Kier alpha value is -2.38. The van der Waals surface area contributed by atoms with Crippen molar-refractivity contribution in [1.82, 2.24) is 0 Å². The van der Waals surface area contributed by atoms with Crippen molar-refractivity contribution >= 4 is 11.4 Å². The number of halogens is 6. The van der Waals surface area contributed by atoms with E-state index < -0.39 is 34.4 Å². The van der Waals surface area contributed by atoms with E-state index >= 15 is 0 Å². The van der Waals surface area contributed by atoms with Gasteiger partial charge in [-0.15, -0.1) is 0 Å². The maximum Gasteiger partial charge on any atom is 0.411 e. The monoisotopic (exact) mass is 418 g/mol. The lowest BCUT2D eigenvalue weighted by molar-refractivity contribution is -0.288. The van der Waals surface area contributed by atoms with Crippen molar-refractivity contribution in [3.63, 3.8) is 0 Å². The highest BCUT2D eigenvalue weighted by Crippen LogP contribution is 2.56. The Bertz CT molecular complexity index is 786. The van der Waals surface area contributed by atoms with Crippen molar-refractivity contribution in [1.29, 1.82) is 0 Å². The fourth-order valence-electron chi connectivity index (χ4n) is 3.26. The summed E-state index contributed by atoms with van der Waals surface area (Å²) in [5.74, 6) is 0. The minimum Gasteiger partial charge on any atom is -0.385 e. The van der Waals surface area contributed by atoms with Gasteiger partial charge in [-0.25, -0.2) is 0 Å². The molecule has 0 aliphatic carbocycles. The lowest BCUT2D eigenvalue weighted by atomic mass is 9.73. The fraction of sp³-hybridized carbons (Fsp3) is 0.429. The van der Waals surface area contributed by atoms with Crippen LogP contribution in [0, 0.1) is 0 Å². The molecule has 0 aromatic heterocycles. The van der Waals surface area contributed by atoms with Crippen LogP contribution in [0.2, 0.25) is 0 Å². The average Bonchev–Trinajstić information content (AvgIpc) is 2.55. The summed E-state index contributed by atoms with van der Waals surface area (Å²) in [5, 5.41) is 5.89. The average molecular weight is 418 g/mol. The summed E-state index contributed by atoms with van der Waals surface area (Å²) in [6, 6.07) is 8.43. The van der Waals surface area contributed by atoms with Crippen molar-refractivity contribution in [2.45, 2.75) is 51.0 Å². The second-order valence-electron chi connectivity index (χ2n) is 7.81. The molecule has 0 aliphatic heterocycles. The van der Waals surface area contributed by atoms with E-state index in [-0.39, 0.29) is 0 Å². The molecule has 0 amide bonds. The lowest BCUT2D eigenvalue weighted by Crippen LogP contribution is -2.54. The lowest BCUT2D eigenvalue weighted by Gasteiger charge is -2.38. The number of anilines is 2. The Morgan fingerprint density at radius 3 is 1.34 bits per heavy atom. The molecule has 0 unspecified atom stereocenters. The number of hydrogen-bond acceptors (Lipinski definition) is 2. The molecule has 0 saturated heterocycles. The van der Waals surface area contributed by atoms with Gasteiger partial charge in [0.05, 0.1) is 0 Å². The number of rotatable bonds is 5. The second-order valence-corrected chi connectivity index (χ2v) is 7.81. The van der Waals surface area contributed by atoms with E-state index in [2.05, 4.69) is 10.6 Å². The van der Waals surface area contributed by atoms with Crippen LogP contribution in [0.25, 0.3) is 0 Å². The molecule has 2 aromatic rings. The van der Waals surface area contributed by atoms with Gasteiger partial charge < -0.3 is 10.6 Å². The predicted octanol–water partition coefficient (Wildman–Crippen LogP) is 6.74. The zero-order valence-electron chi connectivity index (χ0n) is 16.6. The third-order valence-electron chi connectivity index (χ3n) is 4.39. The Balaban J connectivity index is 2.67. The summed E-state index contributed by atoms with van der Waals surface area (Å²) >= 11 is 0. The highest BCUT2D eigenvalue weighted by molar-refractivity contribution is 5.54. The maximum atomic E-state index is 14.1. The van der Waals surface area contributed by atoms with Gasteiger partial charge in [-0.2, -0.15) is 26.3 Å². The molecule has 160 valence electrons. The van der Waals surface area contributed by atoms with Gasteiger partial charge in [0, 0.05) is 23.5 Å². The molecule has 29 heavy (non-hydrogen) atoms. The largest absolute Gasteiger partial charge is 0.411 e. The maximum absolute atomic E-state index is 14.1. The van der Waals surface area contributed by atoms with Gasteiger partial charge in [-0.1, -0.05) is 24.3 Å². The fourth-order valence-corrected chi connectivity index (χ4v) is 3.26. The molecule has 2 nitrogen and oxygen atoms in total. The Morgan fingerprint density at radius 2 is 1.03 bits per heavy atom. The summed E-state index contributed by atoms with van der Waals surface area (Å²) < 4.78 is 84.7. The third-order valence-corrected chi connectivity index (χ3v) is 4.39. The number of hydrogen-bond donors (Lipinski definition) is 2. The molecule has 2 aromatic carbocycles. The molecule has 0 atom stereocenters. The van der Waals surface area contributed by atoms with Crippen molar-refractivity contribution < 1.29 is 26.3 Å². The molecule has 0 radical (unpaired) electrons. The third kappa shape index (κ3) is 4.62. The smallest absolute Gasteiger partial charge is 0.385 e. The van der Waals surface area contributed by atoms with Gasteiger partial charge in [-0.3, -0.25) is 0 Å². The topological polar surface area (TPSA) is 24.1 Å². The number of alkyl halides is 6. The van der Waals surface area contributed by atoms with Crippen LogP contribution in [0.4, 0.5) is 37.7 Å². The standard InChI is InChI=1S/C21H24F6N2/c1-5-28-16-10-6-14(7-11-16)19(20(22,23)24,21(25,26)27)15-8-12-17(13-9-15)29-18(2,3)4/h6-13,28-29H,5H2,1-4H3. The van der Waals surface area contributed by atoms with Crippen LogP contribution in [-0.2, 0) is 5.41 Å². The summed E-state index contributed by atoms with van der Waals surface area (Å²) in [7, 11) is 0. The summed E-state index contributed by atoms with van der Waals surface area (Å²) in [4.78, 5) is 0. The first-order valence-electron chi connectivity index (χ1n) is 9.09. The zero-order valence-corrected chi connectivity index (χ0v) is 16.6. The summed E-state index contributed by atoms with van der Waals surface area (Å²) in [6.45, 7) is 7.77. The van der Waals surface area contributed by atoms with Crippen LogP contribution in [-0.4, -0.2) is 24.4 Å². The van der Waals surface area contributed by atoms with Gasteiger partial charge >= 0.3 is 12.4 Å². The van der Waals surface area contributed by atoms with Crippen LogP contribution in [0.15, 0.2) is 48.5 Å². The van der Waals surface area contributed by atoms with E-state index in [0.717, 1.165) is 24.3 Å². The quantitative estimate of drug-likeness (QED) is 0.526. The highest BCUT2D eigenvalue weighted by atomic mass is 19.4. The van der Waals surface area contributed by atoms with E-state index in [4.69, 9.17) is 0 Å². The first-order chi connectivity index (χ1) is 13.2. The second kappa shape index (κ2) is 7.80. The van der Waals surface area contributed by atoms with Gasteiger partial charge in [0.2, 0.25) is 5.41 Å². The summed E-state index contributed by atoms with van der Waals surface area (Å²) in [5.41, 5.74) is -5.41. The van der Waals surface area contributed by atoms with E-state index in [9.17, 15) is 26.3 Å². The van der Waals surface area contributed by atoms with E-state index in [1.54, 1.807) is 6.92 Å². The van der Waals surface area contributed by atoms with Crippen molar-refractivity contribution in [2.75, 3.05) is 17.2 Å². The van der Waals surface area contributed by atoms with Crippen LogP contribution < -0.4 is 10.6 Å². The minimum atomic E-state index is -5.59. The van der Waals surface area contributed by atoms with E-state index in [0.29, 0.717) is 17.9 Å². The molecule has 0 spiro atoms. The van der Waals surface area contributed by atoms with E-state index in [1.165, 1.54) is 24.3 Å². The van der Waals surface area contributed by atoms with Gasteiger partial charge in [0.15, 0.2) is 0 Å². The summed E-state index contributed by atoms with van der Waals surface area (Å²) in [6.07, 6.45) is -11.2. The van der Waals surface area contributed by atoms with Crippen molar-refractivity contribution in [3.05, 3.63) is 59.7 Å². The molecule has 0 aliphatic rings. The first-order valence-corrected chi connectivity index (χ1v) is 9.09. The Kier molecular flexibility index (Phi) is 6.16. The molecule has 0 heterocycles. The number of nitrogens with one attached hydrogen (secondary N) is 2. The van der Waals surface area contributed by atoms with Crippen LogP contribution in [0.1, 0.15) is 38.8 Å². The molecule has 0 bridgehead atoms. The highest BCUT2D eigenvalue weighted by Gasteiger charge is 2.72. The minimum absolute atomic E-state index is 0.394. The molecular weight excluding hydrogens is 394 g/mol. The van der Waals surface area contributed by atoms with E-state index in [1.807, 2.05) is 20.8 Å². The van der Waals surface area contributed by atoms with Gasteiger partial charge in [0.25, 0.3) is 0 Å². The molecule has 2 N–H and O–H groups in total. The molecule has 8 heteroatoms. The SMILES string of the molecule is CCNc1ccc(C(c2ccc(NC(C)(C)C)cc2)(C(F)(F)F)C(F)(F)F)cc1. The molecule has 0 fully saturated rings. The number of benzene rings is 2. The zero-order chi connectivity index (χ0) is 22.1. The Labute approximate surface area is 166 Å². The predicted molar refractivity (Wildman–Crippen MR) is 103 cm³/mol.